The number of aromatic nitrogens is 1. The van der Waals surface area contributed by atoms with Crippen molar-refractivity contribution in [1.29, 1.82) is 5.26 Å². The highest BCUT2D eigenvalue weighted by atomic mass is 16.7. The predicted molar refractivity (Wildman–Crippen MR) is 100 cm³/mol. The lowest BCUT2D eigenvalue weighted by atomic mass is 10.1. The van der Waals surface area contributed by atoms with Crippen molar-refractivity contribution in [3.8, 4) is 11.8 Å². The van der Waals surface area contributed by atoms with E-state index < -0.39 is 12.0 Å². The van der Waals surface area contributed by atoms with Crippen molar-refractivity contribution in [2.45, 2.75) is 12.5 Å². The van der Waals surface area contributed by atoms with Gasteiger partial charge in [-0.05, 0) is 36.4 Å². The van der Waals surface area contributed by atoms with E-state index in [0.29, 0.717) is 17.0 Å². The summed E-state index contributed by atoms with van der Waals surface area (Å²) < 4.78 is 7.07. The molecule has 7 nitrogen and oxygen atoms in total. The summed E-state index contributed by atoms with van der Waals surface area (Å²) in [6.45, 7) is 0. The molecular weight excluding hydrogens is 358 g/mol. The molecule has 2 heterocycles. The Morgan fingerprint density at radius 2 is 1.96 bits per heavy atom. The fourth-order valence-corrected chi connectivity index (χ4v) is 3.47. The van der Waals surface area contributed by atoms with E-state index in [1.54, 1.807) is 47.0 Å². The van der Waals surface area contributed by atoms with Crippen molar-refractivity contribution >= 4 is 28.6 Å². The van der Waals surface area contributed by atoms with Crippen LogP contribution in [-0.2, 0) is 14.4 Å². The van der Waals surface area contributed by atoms with Gasteiger partial charge in [-0.2, -0.15) is 5.26 Å². The van der Waals surface area contributed by atoms with Gasteiger partial charge in [0.15, 0.2) is 5.94 Å². The minimum Gasteiger partial charge on any atom is -0.426 e. The van der Waals surface area contributed by atoms with E-state index in [1.165, 1.54) is 12.2 Å². The van der Waals surface area contributed by atoms with Crippen LogP contribution in [0.25, 0.3) is 16.7 Å². The Balaban J connectivity index is 1.72. The third-order valence-electron chi connectivity index (χ3n) is 4.63. The fraction of sp³-hybridized carbons (Fsp3) is 0.143. The first kappa shape index (κ1) is 17.6. The lowest BCUT2D eigenvalue weighted by Gasteiger charge is -2.22. The summed E-state index contributed by atoms with van der Waals surface area (Å²) in [6.07, 6.45) is -0.0324. The quantitative estimate of drug-likeness (QED) is 0.397. The van der Waals surface area contributed by atoms with Gasteiger partial charge in [-0.15, -0.1) is 0 Å². The first-order valence-electron chi connectivity index (χ1n) is 8.56. The number of nitriles is 1. The van der Waals surface area contributed by atoms with E-state index in [2.05, 4.69) is 6.07 Å². The molecule has 2 aromatic carbocycles. The van der Waals surface area contributed by atoms with E-state index in [0.717, 1.165) is 10.9 Å². The molecule has 3 aromatic rings. The van der Waals surface area contributed by atoms with E-state index in [9.17, 15) is 9.59 Å². The minimum absolute atomic E-state index is 0.0324. The van der Waals surface area contributed by atoms with Crippen molar-refractivity contribution in [3.05, 3.63) is 65.9 Å². The Bertz CT molecular complexity index is 1150. The molecule has 1 aliphatic rings. The second kappa shape index (κ2) is 7.05. The number of hydrogen-bond donors (Lipinski definition) is 0. The number of fused-ring (bicyclic) bond motifs is 3. The molecule has 0 radical (unpaired) electrons. The Morgan fingerprint density at radius 3 is 2.64 bits per heavy atom. The maximum atomic E-state index is 12.5. The second-order valence-electron chi connectivity index (χ2n) is 6.23. The van der Waals surface area contributed by atoms with E-state index >= 15 is 0 Å². The molecule has 0 aliphatic carbocycles. The van der Waals surface area contributed by atoms with Crippen LogP contribution in [0.15, 0.2) is 54.6 Å². The average Bonchev–Trinajstić information content (AvgIpc) is 3.22. The smallest absolute Gasteiger partial charge is 0.313 e. The van der Waals surface area contributed by atoms with Crippen molar-refractivity contribution in [1.82, 2.24) is 9.63 Å². The maximum absolute atomic E-state index is 12.5. The van der Waals surface area contributed by atoms with Crippen molar-refractivity contribution < 1.29 is 19.2 Å². The Labute approximate surface area is 160 Å². The Hall–Kier alpha value is -3.85. The molecule has 4 rings (SSSR count). The molecule has 1 aromatic heterocycles. The molecule has 0 bridgehead atoms. The topological polar surface area (TPSA) is 84.6 Å². The van der Waals surface area contributed by atoms with Crippen LogP contribution in [0, 0.1) is 11.3 Å². The molecule has 7 heteroatoms. The molecule has 28 heavy (non-hydrogen) atoms. The summed E-state index contributed by atoms with van der Waals surface area (Å²) in [6, 6.07) is 17.3. The van der Waals surface area contributed by atoms with Crippen LogP contribution >= 0.6 is 0 Å². The number of benzene rings is 2. The van der Waals surface area contributed by atoms with Gasteiger partial charge in [0.2, 0.25) is 5.82 Å². The third kappa shape index (κ3) is 2.83. The van der Waals surface area contributed by atoms with Crippen molar-refractivity contribution in [2.24, 2.45) is 0 Å². The van der Waals surface area contributed by atoms with E-state index in [4.69, 9.17) is 14.8 Å². The first-order valence-corrected chi connectivity index (χ1v) is 8.56. The van der Waals surface area contributed by atoms with Gasteiger partial charge in [0.25, 0.3) is 0 Å². The van der Waals surface area contributed by atoms with Crippen LogP contribution < -0.4 is 4.74 Å². The molecule has 0 saturated carbocycles. The highest BCUT2D eigenvalue weighted by Gasteiger charge is 2.39. The second-order valence-corrected chi connectivity index (χ2v) is 6.23. The normalized spacial score (nSPS) is 15.2. The van der Waals surface area contributed by atoms with Gasteiger partial charge in [-0.1, -0.05) is 18.2 Å². The monoisotopic (exact) mass is 373 g/mol. The number of ether oxygens (including phenoxy) is 1. The zero-order chi connectivity index (χ0) is 19.7. The zero-order valence-corrected chi connectivity index (χ0v) is 15.0. The molecule has 0 fully saturated rings. The standard InChI is InChI=1S/C21H15N3O4/c1-27-24-19(11-21(26)28-16-5-3-2-4-6-16)18-10-15-9-14(12-22)7-8-17(15)23(18)20(24)13-25/h2-10,19H,11H2,1H3. The number of rotatable bonds is 4. The van der Waals surface area contributed by atoms with Gasteiger partial charge in [0, 0.05) is 5.39 Å². The third-order valence-corrected chi connectivity index (χ3v) is 4.63. The molecule has 0 amide bonds. The number of nitrogens with zero attached hydrogens (tertiary/aromatic N) is 3. The van der Waals surface area contributed by atoms with E-state index in [1.807, 2.05) is 18.1 Å². The largest absolute Gasteiger partial charge is 0.426 e. The molecule has 1 unspecified atom stereocenters. The Morgan fingerprint density at radius 1 is 1.18 bits per heavy atom. The van der Waals surface area contributed by atoms with Crippen LogP contribution in [0.5, 0.6) is 5.75 Å². The Kier molecular flexibility index (Phi) is 4.42. The highest BCUT2D eigenvalue weighted by Crippen LogP contribution is 2.41. The minimum atomic E-state index is -0.560. The first-order chi connectivity index (χ1) is 13.7. The molecule has 0 spiro atoms. The lowest BCUT2D eigenvalue weighted by molar-refractivity contribution is -0.143. The molecule has 0 saturated heterocycles. The molecular formula is C21H15N3O4. The van der Waals surface area contributed by atoms with Gasteiger partial charge < -0.3 is 4.74 Å². The zero-order valence-electron chi connectivity index (χ0n) is 15.0. The van der Waals surface area contributed by atoms with Crippen LogP contribution in [0.2, 0.25) is 0 Å². The summed E-state index contributed by atoms with van der Waals surface area (Å²) in [7, 11) is 1.43. The number of hydroxylamine groups is 2. The number of esters is 1. The average molecular weight is 373 g/mol. The van der Waals surface area contributed by atoms with Crippen molar-refractivity contribution in [2.75, 3.05) is 7.11 Å². The molecule has 138 valence electrons. The van der Waals surface area contributed by atoms with Gasteiger partial charge >= 0.3 is 5.97 Å². The van der Waals surface area contributed by atoms with Gasteiger partial charge in [0.1, 0.15) is 11.8 Å². The van der Waals surface area contributed by atoms with Gasteiger partial charge in [-0.3, -0.25) is 14.2 Å². The number of carbonyl (C=O) groups is 1. The van der Waals surface area contributed by atoms with Crippen molar-refractivity contribution in [3.63, 3.8) is 0 Å². The number of para-hydroxylation sites is 1. The number of carbonyl (C=O) groups excluding carboxylic acids is 2. The maximum Gasteiger partial charge on any atom is 0.313 e. The van der Waals surface area contributed by atoms with Crippen LogP contribution in [0.1, 0.15) is 23.7 Å². The van der Waals surface area contributed by atoms with Gasteiger partial charge in [-0.25, -0.2) is 9.86 Å². The van der Waals surface area contributed by atoms with Crippen LogP contribution in [0.3, 0.4) is 0 Å². The van der Waals surface area contributed by atoms with Gasteiger partial charge in [0.05, 0.1) is 36.4 Å². The van der Waals surface area contributed by atoms with E-state index in [-0.39, 0.29) is 12.2 Å². The van der Waals surface area contributed by atoms with Crippen LogP contribution in [-0.4, -0.2) is 28.7 Å². The summed E-state index contributed by atoms with van der Waals surface area (Å²) in [5.74, 6) is 2.03. The summed E-state index contributed by atoms with van der Waals surface area (Å²) in [5.41, 5.74) is 1.93. The molecule has 1 atom stereocenters. The highest BCUT2D eigenvalue weighted by molar-refractivity contribution is 5.92. The fourth-order valence-electron chi connectivity index (χ4n) is 3.47. The molecule has 0 N–H and O–H groups in total. The lowest BCUT2D eigenvalue weighted by Crippen LogP contribution is -2.25. The van der Waals surface area contributed by atoms with Crippen LogP contribution in [0.4, 0.5) is 0 Å². The SMILES string of the molecule is CON1C(=C=O)n2c(cc3cc(C#N)ccc32)C1CC(=O)Oc1ccccc1. The molecule has 1 aliphatic heterocycles. The summed E-state index contributed by atoms with van der Waals surface area (Å²) in [4.78, 5) is 29.5. The summed E-state index contributed by atoms with van der Waals surface area (Å²) in [5, 5.41) is 11.3. The number of hydrogen-bond acceptors (Lipinski definition) is 6. The summed E-state index contributed by atoms with van der Waals surface area (Å²) >= 11 is 0. The predicted octanol–water partition coefficient (Wildman–Crippen LogP) is 3.06.